The van der Waals surface area contributed by atoms with Gasteiger partial charge in [-0.05, 0) is 43.4 Å². The molecule has 0 aromatic rings. The molecule has 0 bridgehead atoms. The lowest BCUT2D eigenvalue weighted by molar-refractivity contribution is -0.161. The molecule has 0 aromatic carbocycles. The van der Waals surface area contributed by atoms with E-state index in [1.807, 2.05) is 0 Å². The third-order valence-electron chi connectivity index (χ3n) is 14.4. The molecular formula is C63H122O17P2. The van der Waals surface area contributed by atoms with Crippen LogP contribution in [0.3, 0.4) is 0 Å². The number of hydrogen-bond donors (Lipinski definition) is 3. The van der Waals surface area contributed by atoms with Gasteiger partial charge in [0.2, 0.25) is 0 Å². The number of phosphoric acid groups is 2. The second kappa shape index (κ2) is 54.5. The van der Waals surface area contributed by atoms with Gasteiger partial charge in [0.05, 0.1) is 26.4 Å². The van der Waals surface area contributed by atoms with Crippen LogP contribution in [0.2, 0.25) is 0 Å². The van der Waals surface area contributed by atoms with Crippen molar-refractivity contribution in [2.45, 2.75) is 324 Å². The SMILES string of the molecule is CCCCCCCCCCCCC(=O)OC[C@H](COP(=O)(O)OC[C@H](O)COP(=O)(O)OC[C@@H](COC(=O)CCCCCCCCCCC(C)C)OC(=O)CCCCCCCCCCC(C)C)OC(=O)CCCCCCCCCC(C)C. The van der Waals surface area contributed by atoms with Crippen molar-refractivity contribution in [2.24, 2.45) is 17.8 Å². The number of hydrogen-bond acceptors (Lipinski definition) is 15. The average Bonchev–Trinajstić information content (AvgIpc) is 3.44. The van der Waals surface area contributed by atoms with E-state index >= 15 is 0 Å². The number of carbonyl (C=O) groups is 4. The fourth-order valence-electron chi connectivity index (χ4n) is 9.30. The Morgan fingerprint density at radius 1 is 0.329 bits per heavy atom. The Hall–Kier alpha value is -1.94. The van der Waals surface area contributed by atoms with Gasteiger partial charge >= 0.3 is 39.5 Å². The summed E-state index contributed by atoms with van der Waals surface area (Å²) < 4.78 is 67.9. The number of aliphatic hydroxyl groups is 1. The van der Waals surface area contributed by atoms with Crippen molar-refractivity contribution in [2.75, 3.05) is 39.6 Å². The van der Waals surface area contributed by atoms with Crippen molar-refractivity contribution < 1.29 is 80.2 Å². The van der Waals surface area contributed by atoms with Crippen LogP contribution in [0.1, 0.15) is 305 Å². The second-order valence-electron chi connectivity index (χ2n) is 24.2. The first-order chi connectivity index (χ1) is 39.2. The van der Waals surface area contributed by atoms with Gasteiger partial charge in [0.1, 0.15) is 19.3 Å². The van der Waals surface area contributed by atoms with Crippen molar-refractivity contribution in [3.8, 4) is 0 Å². The van der Waals surface area contributed by atoms with Gasteiger partial charge in [-0.1, -0.05) is 254 Å². The first kappa shape index (κ1) is 80.1. The first-order valence-electron chi connectivity index (χ1n) is 32.8. The van der Waals surface area contributed by atoms with Crippen molar-refractivity contribution >= 4 is 39.5 Å². The van der Waals surface area contributed by atoms with E-state index in [9.17, 15) is 43.2 Å². The van der Waals surface area contributed by atoms with Gasteiger partial charge in [-0.3, -0.25) is 37.3 Å². The van der Waals surface area contributed by atoms with Gasteiger partial charge in [-0.2, -0.15) is 0 Å². The van der Waals surface area contributed by atoms with Crippen LogP contribution in [0.4, 0.5) is 0 Å². The van der Waals surface area contributed by atoms with E-state index in [4.69, 9.17) is 37.0 Å². The maximum absolute atomic E-state index is 13.0. The van der Waals surface area contributed by atoms with Gasteiger partial charge in [0.25, 0.3) is 0 Å². The molecule has 0 heterocycles. The van der Waals surface area contributed by atoms with Gasteiger partial charge in [0, 0.05) is 25.7 Å². The fraction of sp³-hybridized carbons (Fsp3) is 0.937. The zero-order valence-corrected chi connectivity index (χ0v) is 54.7. The Balaban J connectivity index is 5.25. The van der Waals surface area contributed by atoms with Crippen molar-refractivity contribution in [3.05, 3.63) is 0 Å². The smallest absolute Gasteiger partial charge is 0.462 e. The van der Waals surface area contributed by atoms with E-state index in [-0.39, 0.29) is 25.7 Å². The van der Waals surface area contributed by atoms with E-state index in [0.717, 1.165) is 102 Å². The summed E-state index contributed by atoms with van der Waals surface area (Å²) in [6.45, 7) is 11.6. The molecule has 0 amide bonds. The molecule has 0 fully saturated rings. The summed E-state index contributed by atoms with van der Waals surface area (Å²) in [4.78, 5) is 72.1. The molecule has 0 rings (SSSR count). The molecule has 0 radical (unpaired) electrons. The van der Waals surface area contributed by atoms with E-state index in [0.29, 0.717) is 31.6 Å². The Bertz CT molecular complexity index is 1630. The average molecular weight is 1210 g/mol. The largest absolute Gasteiger partial charge is 0.472 e. The zero-order chi connectivity index (χ0) is 61.0. The first-order valence-corrected chi connectivity index (χ1v) is 35.8. The Morgan fingerprint density at radius 3 is 0.829 bits per heavy atom. The number of carbonyl (C=O) groups excluding carboxylic acids is 4. The van der Waals surface area contributed by atoms with Crippen LogP contribution in [0.15, 0.2) is 0 Å². The highest BCUT2D eigenvalue weighted by Crippen LogP contribution is 2.45. The molecule has 0 spiro atoms. The van der Waals surface area contributed by atoms with Gasteiger partial charge in [-0.25, -0.2) is 9.13 Å². The molecule has 0 aromatic heterocycles. The van der Waals surface area contributed by atoms with Crippen molar-refractivity contribution in [3.63, 3.8) is 0 Å². The molecule has 5 atom stereocenters. The molecule has 0 saturated heterocycles. The quantitative estimate of drug-likeness (QED) is 0.0222. The zero-order valence-electron chi connectivity index (χ0n) is 52.9. The topological polar surface area (TPSA) is 237 Å². The highest BCUT2D eigenvalue weighted by molar-refractivity contribution is 7.47. The van der Waals surface area contributed by atoms with Crippen LogP contribution >= 0.6 is 15.6 Å². The Morgan fingerprint density at radius 2 is 0.561 bits per heavy atom. The molecule has 17 nitrogen and oxygen atoms in total. The number of esters is 4. The summed E-state index contributed by atoms with van der Waals surface area (Å²) in [5, 5.41) is 10.5. The number of rotatable bonds is 61. The molecule has 486 valence electrons. The summed E-state index contributed by atoms with van der Waals surface area (Å²) in [6, 6.07) is 0. The maximum atomic E-state index is 13.0. The van der Waals surface area contributed by atoms with Crippen LogP contribution in [0, 0.1) is 17.8 Å². The predicted octanol–water partition coefficient (Wildman–Crippen LogP) is 17.1. The summed E-state index contributed by atoms with van der Waals surface area (Å²) in [6.07, 6.45) is 35.0. The number of unbranched alkanes of at least 4 members (excludes halogenated alkanes) is 29. The van der Waals surface area contributed by atoms with Gasteiger partial charge < -0.3 is 33.8 Å². The summed E-state index contributed by atoms with van der Waals surface area (Å²) >= 11 is 0. The normalized spacial score (nSPS) is 14.4. The highest BCUT2D eigenvalue weighted by atomic mass is 31.2. The number of phosphoric ester groups is 2. The lowest BCUT2D eigenvalue weighted by atomic mass is 10.0. The third-order valence-corrected chi connectivity index (χ3v) is 16.3. The predicted molar refractivity (Wildman–Crippen MR) is 326 cm³/mol. The molecule has 82 heavy (non-hydrogen) atoms. The second-order valence-corrected chi connectivity index (χ2v) is 27.1. The van der Waals surface area contributed by atoms with E-state index in [2.05, 4.69) is 48.5 Å². The van der Waals surface area contributed by atoms with E-state index in [1.165, 1.54) is 116 Å². The molecule has 0 aliphatic rings. The van der Waals surface area contributed by atoms with Crippen molar-refractivity contribution in [1.29, 1.82) is 0 Å². The Labute approximate surface area is 498 Å². The molecule has 0 aliphatic carbocycles. The highest BCUT2D eigenvalue weighted by Gasteiger charge is 2.30. The molecular weight excluding hydrogens is 1090 g/mol. The molecule has 0 saturated carbocycles. The van der Waals surface area contributed by atoms with Crippen molar-refractivity contribution in [1.82, 2.24) is 0 Å². The molecule has 19 heteroatoms. The van der Waals surface area contributed by atoms with Crippen LogP contribution in [-0.2, 0) is 65.4 Å². The fourth-order valence-corrected chi connectivity index (χ4v) is 10.9. The van der Waals surface area contributed by atoms with Crippen LogP contribution in [-0.4, -0.2) is 96.7 Å². The summed E-state index contributed by atoms with van der Waals surface area (Å²) in [5.41, 5.74) is 0. The molecule has 3 N–H and O–H groups in total. The molecule has 0 aliphatic heterocycles. The van der Waals surface area contributed by atoms with E-state index in [1.54, 1.807) is 0 Å². The van der Waals surface area contributed by atoms with Gasteiger partial charge in [0.15, 0.2) is 12.2 Å². The summed E-state index contributed by atoms with van der Waals surface area (Å²) in [5.74, 6) is -0.000321. The molecule has 2 unspecified atom stereocenters. The minimum absolute atomic E-state index is 0.103. The lowest BCUT2D eigenvalue weighted by Gasteiger charge is -2.21. The Kier molecular flexibility index (Phi) is 53.2. The van der Waals surface area contributed by atoms with E-state index < -0.39 is 97.5 Å². The standard InChI is InChI=1S/C63H122O17P2/c1-8-9-10-11-12-13-14-23-30-37-44-60(65)73-51-59(80-63(68)47-40-33-26-19-22-29-36-43-56(6)7)53-78-82(71,72)76-49-57(64)48-75-81(69,70)77-52-58(79-62(67)46-39-32-25-18-16-21-28-35-42-55(4)5)50-74-61(66)45-38-31-24-17-15-20-27-34-41-54(2)3/h54-59,64H,8-53H2,1-7H3,(H,69,70)(H,71,72)/t57-,58-,59-/m1/s1. The number of aliphatic hydroxyl groups excluding tert-OH is 1. The maximum Gasteiger partial charge on any atom is 0.472 e. The number of ether oxygens (including phenoxy) is 4. The van der Waals surface area contributed by atoms with Crippen LogP contribution in [0.5, 0.6) is 0 Å². The van der Waals surface area contributed by atoms with Crippen LogP contribution in [0.25, 0.3) is 0 Å². The minimum atomic E-state index is -4.94. The van der Waals surface area contributed by atoms with Gasteiger partial charge in [-0.15, -0.1) is 0 Å². The summed E-state index contributed by atoms with van der Waals surface area (Å²) in [7, 11) is -9.88. The lowest BCUT2D eigenvalue weighted by Crippen LogP contribution is -2.30. The minimum Gasteiger partial charge on any atom is -0.462 e. The third kappa shape index (κ3) is 57.2. The monoisotopic (exact) mass is 1210 g/mol. The van der Waals surface area contributed by atoms with Crippen LogP contribution < -0.4 is 0 Å².